The molecule has 2 nitrogen and oxygen atoms in total. The molecule has 0 aliphatic heterocycles. The van der Waals surface area contributed by atoms with Crippen molar-refractivity contribution in [3.63, 3.8) is 0 Å². The quantitative estimate of drug-likeness (QED) is 0.853. The van der Waals surface area contributed by atoms with E-state index in [0.717, 1.165) is 13.2 Å². The van der Waals surface area contributed by atoms with E-state index in [1.807, 2.05) is 0 Å². The lowest BCUT2D eigenvalue weighted by molar-refractivity contribution is -0.291. The first-order chi connectivity index (χ1) is 8.11. The van der Waals surface area contributed by atoms with E-state index in [2.05, 4.69) is 4.74 Å². The lowest BCUT2D eigenvalue weighted by Crippen LogP contribution is -2.45. The molecule has 110 valence electrons. The van der Waals surface area contributed by atoms with Gasteiger partial charge in [-0.15, -0.1) is 12.4 Å². The standard InChI is InChI=1S/C10H9ClF5NO.ClH/c1-18-7-3-2-5(11)4-6(7)8(17)9(12,13)10(14,15)16;/h2-4,8H,17H2,1H3;1H/t8-;/m0./s1. The van der Waals surface area contributed by atoms with E-state index < -0.39 is 23.7 Å². The molecule has 0 fully saturated rings. The van der Waals surface area contributed by atoms with Crippen LogP contribution in [0.25, 0.3) is 0 Å². The Bertz CT molecular complexity index is 438. The van der Waals surface area contributed by atoms with Crippen molar-refractivity contribution in [2.75, 3.05) is 7.11 Å². The lowest BCUT2D eigenvalue weighted by atomic mass is 10.00. The van der Waals surface area contributed by atoms with Gasteiger partial charge in [0.05, 0.1) is 7.11 Å². The van der Waals surface area contributed by atoms with E-state index in [-0.39, 0.29) is 23.2 Å². The molecule has 0 aliphatic rings. The summed E-state index contributed by atoms with van der Waals surface area (Å²) in [6.45, 7) is 0. The van der Waals surface area contributed by atoms with Crippen LogP contribution in [0.1, 0.15) is 11.6 Å². The summed E-state index contributed by atoms with van der Waals surface area (Å²) in [5.41, 5.74) is 4.49. The van der Waals surface area contributed by atoms with E-state index >= 15 is 0 Å². The Kier molecular flexibility index (Phi) is 5.85. The van der Waals surface area contributed by atoms with Gasteiger partial charge in [0.25, 0.3) is 0 Å². The summed E-state index contributed by atoms with van der Waals surface area (Å²) in [5.74, 6) is -5.26. The van der Waals surface area contributed by atoms with Gasteiger partial charge in [-0.1, -0.05) is 11.6 Å². The van der Waals surface area contributed by atoms with Gasteiger partial charge in [0, 0.05) is 10.6 Å². The molecule has 0 bridgehead atoms. The van der Waals surface area contributed by atoms with Crippen LogP contribution >= 0.6 is 24.0 Å². The third-order valence-corrected chi connectivity index (χ3v) is 2.53. The number of hydrogen-bond acceptors (Lipinski definition) is 2. The first kappa shape index (κ1) is 18.2. The van der Waals surface area contributed by atoms with E-state index in [0.29, 0.717) is 0 Å². The van der Waals surface area contributed by atoms with Crippen molar-refractivity contribution in [3.05, 3.63) is 28.8 Å². The Morgan fingerprint density at radius 2 is 1.74 bits per heavy atom. The van der Waals surface area contributed by atoms with Gasteiger partial charge in [0.2, 0.25) is 0 Å². The molecule has 1 atom stereocenters. The minimum atomic E-state index is -5.75. The van der Waals surface area contributed by atoms with Crippen LogP contribution in [0.3, 0.4) is 0 Å². The maximum absolute atomic E-state index is 13.1. The van der Waals surface area contributed by atoms with E-state index in [1.165, 1.54) is 12.1 Å². The molecule has 0 heterocycles. The fraction of sp³-hybridized carbons (Fsp3) is 0.400. The molecule has 1 aromatic carbocycles. The van der Waals surface area contributed by atoms with Crippen LogP contribution < -0.4 is 10.5 Å². The molecule has 0 aliphatic carbocycles. The van der Waals surface area contributed by atoms with Crippen molar-refractivity contribution in [2.24, 2.45) is 5.73 Å². The molecular weight excluding hydrogens is 316 g/mol. The van der Waals surface area contributed by atoms with Crippen LogP contribution in [0.4, 0.5) is 22.0 Å². The van der Waals surface area contributed by atoms with Crippen LogP contribution in [0, 0.1) is 0 Å². The zero-order chi connectivity index (χ0) is 14.1. The van der Waals surface area contributed by atoms with E-state index in [4.69, 9.17) is 17.3 Å². The zero-order valence-corrected chi connectivity index (χ0v) is 11.0. The average molecular weight is 326 g/mol. The number of nitrogens with two attached hydrogens (primary N) is 1. The molecule has 0 spiro atoms. The minimum Gasteiger partial charge on any atom is -0.496 e. The van der Waals surface area contributed by atoms with Gasteiger partial charge in [0.15, 0.2) is 0 Å². The van der Waals surface area contributed by atoms with Gasteiger partial charge in [0.1, 0.15) is 11.8 Å². The van der Waals surface area contributed by atoms with Crippen LogP contribution in [0.5, 0.6) is 5.75 Å². The molecule has 0 aromatic heterocycles. The summed E-state index contributed by atoms with van der Waals surface area (Å²) in [6.07, 6.45) is -5.75. The van der Waals surface area contributed by atoms with Crippen LogP contribution in [-0.2, 0) is 0 Å². The van der Waals surface area contributed by atoms with Gasteiger partial charge in [-0.3, -0.25) is 0 Å². The number of methoxy groups -OCH3 is 1. The fourth-order valence-corrected chi connectivity index (χ4v) is 1.50. The smallest absolute Gasteiger partial charge is 0.455 e. The highest BCUT2D eigenvalue weighted by atomic mass is 35.5. The summed E-state index contributed by atoms with van der Waals surface area (Å²) >= 11 is 5.54. The van der Waals surface area contributed by atoms with E-state index in [9.17, 15) is 22.0 Å². The minimum absolute atomic E-state index is 0. The number of benzene rings is 1. The summed E-state index contributed by atoms with van der Waals surface area (Å²) in [4.78, 5) is 0. The van der Waals surface area contributed by atoms with Crippen LogP contribution in [-0.4, -0.2) is 19.2 Å². The predicted octanol–water partition coefficient (Wildman–Crippen LogP) is 3.97. The average Bonchev–Trinajstić information content (AvgIpc) is 2.26. The number of ether oxygens (including phenoxy) is 1. The Balaban J connectivity index is 0.00000324. The summed E-state index contributed by atoms with van der Waals surface area (Å²) < 4.78 is 67.5. The van der Waals surface area contributed by atoms with Crippen LogP contribution in [0.2, 0.25) is 5.02 Å². The molecule has 1 aromatic rings. The van der Waals surface area contributed by atoms with E-state index in [1.54, 1.807) is 0 Å². The Morgan fingerprint density at radius 1 is 1.21 bits per heavy atom. The highest BCUT2D eigenvalue weighted by Crippen LogP contribution is 2.45. The summed E-state index contributed by atoms with van der Waals surface area (Å²) in [7, 11) is 1.13. The van der Waals surface area contributed by atoms with Crippen LogP contribution in [0.15, 0.2) is 18.2 Å². The number of halogens is 7. The second-order valence-corrected chi connectivity index (χ2v) is 3.92. The van der Waals surface area contributed by atoms with Crippen molar-refractivity contribution < 1.29 is 26.7 Å². The maximum atomic E-state index is 13.1. The highest BCUT2D eigenvalue weighted by molar-refractivity contribution is 6.30. The molecule has 0 unspecified atom stereocenters. The SMILES string of the molecule is COc1ccc(Cl)cc1[C@H](N)C(F)(F)C(F)(F)F.Cl. The van der Waals surface area contributed by atoms with Gasteiger partial charge in [-0.2, -0.15) is 22.0 Å². The van der Waals surface area contributed by atoms with Crippen molar-refractivity contribution in [1.82, 2.24) is 0 Å². The second-order valence-electron chi connectivity index (χ2n) is 3.48. The molecule has 0 saturated heterocycles. The molecule has 2 N–H and O–H groups in total. The topological polar surface area (TPSA) is 35.2 Å². The molecular formula is C10H10Cl2F5NO. The first-order valence-electron chi connectivity index (χ1n) is 4.64. The molecule has 0 radical (unpaired) electrons. The maximum Gasteiger partial charge on any atom is 0.455 e. The summed E-state index contributed by atoms with van der Waals surface area (Å²) in [5, 5.41) is -0.0146. The fourth-order valence-electron chi connectivity index (χ4n) is 1.32. The Morgan fingerprint density at radius 3 is 2.16 bits per heavy atom. The molecule has 9 heteroatoms. The van der Waals surface area contributed by atoms with Gasteiger partial charge in [-0.25, -0.2) is 0 Å². The number of alkyl halides is 5. The number of hydrogen-bond donors (Lipinski definition) is 1. The zero-order valence-electron chi connectivity index (χ0n) is 9.47. The Labute approximate surface area is 117 Å². The van der Waals surface area contributed by atoms with Crippen molar-refractivity contribution >= 4 is 24.0 Å². The third kappa shape index (κ3) is 3.61. The monoisotopic (exact) mass is 325 g/mol. The van der Waals surface area contributed by atoms with Crippen molar-refractivity contribution in [3.8, 4) is 5.75 Å². The normalized spacial score (nSPS) is 13.7. The van der Waals surface area contributed by atoms with Gasteiger partial charge >= 0.3 is 12.1 Å². The van der Waals surface area contributed by atoms with Gasteiger partial charge < -0.3 is 10.5 Å². The summed E-state index contributed by atoms with van der Waals surface area (Å²) in [6, 6.07) is 0.794. The largest absolute Gasteiger partial charge is 0.496 e. The first-order valence-corrected chi connectivity index (χ1v) is 5.02. The second kappa shape index (κ2) is 6.11. The molecule has 0 saturated carbocycles. The highest BCUT2D eigenvalue weighted by Gasteiger charge is 2.62. The van der Waals surface area contributed by atoms with Crippen molar-refractivity contribution in [2.45, 2.75) is 18.1 Å². The molecule has 0 amide bonds. The number of rotatable bonds is 3. The predicted molar refractivity (Wildman–Crippen MR) is 63.2 cm³/mol. The molecule has 19 heavy (non-hydrogen) atoms. The van der Waals surface area contributed by atoms with Gasteiger partial charge in [-0.05, 0) is 18.2 Å². The van der Waals surface area contributed by atoms with Crippen molar-refractivity contribution in [1.29, 1.82) is 0 Å². The third-order valence-electron chi connectivity index (χ3n) is 2.30. The Hall–Kier alpha value is -0.790. The molecule has 1 rings (SSSR count). The lowest BCUT2D eigenvalue weighted by Gasteiger charge is -2.27.